The molecular weight excluding hydrogens is 506 g/mol. The second-order valence-electron chi connectivity index (χ2n) is 10.4. The lowest BCUT2D eigenvalue weighted by Gasteiger charge is -2.32. The third kappa shape index (κ3) is 5.81. The maximum atomic E-state index is 13.1. The maximum Gasteiger partial charge on any atom is 0.414 e. The molecule has 2 saturated heterocycles. The van der Waals surface area contributed by atoms with Crippen LogP contribution in [-0.2, 0) is 4.74 Å². The van der Waals surface area contributed by atoms with Crippen molar-refractivity contribution in [2.45, 2.75) is 39.0 Å². The highest BCUT2D eigenvalue weighted by atomic mass is 16.6. The molecule has 0 saturated carbocycles. The number of hydrogen-bond acceptors (Lipinski definition) is 5. The third-order valence-electron chi connectivity index (χ3n) is 7.88. The van der Waals surface area contributed by atoms with Crippen LogP contribution in [0.2, 0.25) is 0 Å². The molecule has 40 heavy (non-hydrogen) atoms. The number of methoxy groups -OCH3 is 1. The van der Waals surface area contributed by atoms with E-state index in [-0.39, 0.29) is 17.9 Å². The second kappa shape index (κ2) is 11.8. The average Bonchev–Trinajstić information content (AvgIpc) is 2.99. The molecular formula is C32H35N3O5. The van der Waals surface area contributed by atoms with E-state index in [0.717, 1.165) is 41.8 Å². The summed E-state index contributed by atoms with van der Waals surface area (Å²) in [6.45, 7) is 6.39. The van der Waals surface area contributed by atoms with Crippen LogP contribution in [0.5, 0.6) is 5.75 Å². The molecule has 2 aliphatic heterocycles. The zero-order valence-corrected chi connectivity index (χ0v) is 23.2. The van der Waals surface area contributed by atoms with E-state index in [1.54, 1.807) is 24.1 Å². The molecule has 0 spiro atoms. The lowest BCUT2D eigenvalue weighted by atomic mass is 9.89. The number of carbonyl (C=O) groups is 3. The molecule has 0 radical (unpaired) electrons. The first-order valence-corrected chi connectivity index (χ1v) is 13.7. The third-order valence-corrected chi connectivity index (χ3v) is 7.88. The Morgan fingerprint density at radius 3 is 2.25 bits per heavy atom. The Morgan fingerprint density at radius 1 is 0.925 bits per heavy atom. The van der Waals surface area contributed by atoms with Crippen LogP contribution >= 0.6 is 0 Å². The van der Waals surface area contributed by atoms with Crippen molar-refractivity contribution in [2.24, 2.45) is 0 Å². The number of aryl methyl sites for hydroxylation is 2. The minimum absolute atomic E-state index is 0.00560. The van der Waals surface area contributed by atoms with Crippen LogP contribution in [0, 0.1) is 13.8 Å². The van der Waals surface area contributed by atoms with Gasteiger partial charge in [0.15, 0.2) is 0 Å². The normalized spacial score (nSPS) is 15.9. The number of rotatable bonds is 6. The van der Waals surface area contributed by atoms with Crippen molar-refractivity contribution in [3.05, 3.63) is 88.5 Å². The topological polar surface area (TPSA) is 88.2 Å². The number of amides is 3. The summed E-state index contributed by atoms with van der Waals surface area (Å²) in [5.74, 6) is 0.705. The van der Waals surface area contributed by atoms with E-state index in [2.05, 4.69) is 17.4 Å². The first kappa shape index (κ1) is 27.2. The Balaban J connectivity index is 1.16. The first-order chi connectivity index (χ1) is 19.3. The quantitative estimate of drug-likeness (QED) is 0.418. The van der Waals surface area contributed by atoms with Gasteiger partial charge in [-0.05, 0) is 104 Å². The van der Waals surface area contributed by atoms with Crippen molar-refractivity contribution in [3.8, 4) is 5.75 Å². The Labute approximate surface area is 234 Å². The smallest absolute Gasteiger partial charge is 0.414 e. The summed E-state index contributed by atoms with van der Waals surface area (Å²) < 4.78 is 10.5. The van der Waals surface area contributed by atoms with Crippen molar-refractivity contribution in [2.75, 3.05) is 43.6 Å². The Hall–Kier alpha value is -4.33. The monoisotopic (exact) mass is 541 g/mol. The molecule has 2 fully saturated rings. The van der Waals surface area contributed by atoms with E-state index in [0.29, 0.717) is 49.0 Å². The van der Waals surface area contributed by atoms with Crippen molar-refractivity contribution in [1.29, 1.82) is 0 Å². The zero-order chi connectivity index (χ0) is 28.2. The molecule has 0 atom stereocenters. The number of likely N-dealkylation sites (tertiary alicyclic amines) is 1. The van der Waals surface area contributed by atoms with Gasteiger partial charge >= 0.3 is 6.09 Å². The Bertz CT molecular complexity index is 1390. The van der Waals surface area contributed by atoms with E-state index >= 15 is 0 Å². The summed E-state index contributed by atoms with van der Waals surface area (Å²) in [6, 6.07) is 18.9. The van der Waals surface area contributed by atoms with Crippen molar-refractivity contribution in [1.82, 2.24) is 4.90 Å². The van der Waals surface area contributed by atoms with E-state index in [1.165, 1.54) is 5.56 Å². The van der Waals surface area contributed by atoms with Gasteiger partial charge in [-0.1, -0.05) is 12.1 Å². The summed E-state index contributed by atoms with van der Waals surface area (Å²) in [7, 11) is 1.57. The fourth-order valence-corrected chi connectivity index (χ4v) is 5.34. The van der Waals surface area contributed by atoms with Gasteiger partial charge in [-0.2, -0.15) is 0 Å². The van der Waals surface area contributed by atoms with Crippen LogP contribution in [-0.4, -0.2) is 56.2 Å². The van der Waals surface area contributed by atoms with E-state index in [1.807, 2.05) is 55.1 Å². The first-order valence-electron chi connectivity index (χ1n) is 13.7. The summed E-state index contributed by atoms with van der Waals surface area (Å²) in [5.41, 5.74) is 5.90. The molecule has 3 amide bonds. The van der Waals surface area contributed by atoms with Gasteiger partial charge in [-0.15, -0.1) is 0 Å². The fraction of sp³-hybridized carbons (Fsp3) is 0.344. The van der Waals surface area contributed by atoms with Crippen molar-refractivity contribution >= 4 is 29.3 Å². The zero-order valence-electron chi connectivity index (χ0n) is 23.2. The molecule has 0 bridgehead atoms. The molecule has 0 aliphatic carbocycles. The van der Waals surface area contributed by atoms with Crippen LogP contribution in [0.15, 0.2) is 60.7 Å². The van der Waals surface area contributed by atoms with Gasteiger partial charge in [-0.25, -0.2) is 4.79 Å². The Kier molecular flexibility index (Phi) is 8.05. The molecule has 2 heterocycles. The highest BCUT2D eigenvalue weighted by Crippen LogP contribution is 2.30. The van der Waals surface area contributed by atoms with Gasteiger partial charge in [0.2, 0.25) is 0 Å². The SMILES string of the molecule is COc1cc(C)c(C)cc1C(=O)Nc1ccc(C2CCN(C(=O)c3ccc(N4CCCOC4=O)cc3)CC2)cc1. The van der Waals surface area contributed by atoms with Gasteiger partial charge in [0.25, 0.3) is 11.8 Å². The summed E-state index contributed by atoms with van der Waals surface area (Å²) in [5, 5.41) is 2.98. The Morgan fingerprint density at radius 2 is 1.60 bits per heavy atom. The van der Waals surface area contributed by atoms with Crippen LogP contribution in [0.1, 0.15) is 62.6 Å². The molecule has 8 nitrogen and oxygen atoms in total. The lowest BCUT2D eigenvalue weighted by Crippen LogP contribution is -2.38. The van der Waals surface area contributed by atoms with Gasteiger partial charge in [0.05, 0.1) is 19.3 Å². The molecule has 3 aromatic rings. The predicted molar refractivity (Wildman–Crippen MR) is 154 cm³/mol. The largest absolute Gasteiger partial charge is 0.496 e. The molecule has 208 valence electrons. The summed E-state index contributed by atoms with van der Waals surface area (Å²) in [6.07, 6.45) is 2.19. The predicted octanol–water partition coefficient (Wildman–Crippen LogP) is 5.93. The fourth-order valence-electron chi connectivity index (χ4n) is 5.34. The van der Waals surface area contributed by atoms with Crippen LogP contribution in [0.25, 0.3) is 0 Å². The second-order valence-corrected chi connectivity index (χ2v) is 10.4. The van der Waals surface area contributed by atoms with E-state index in [4.69, 9.17) is 9.47 Å². The van der Waals surface area contributed by atoms with Gasteiger partial charge in [-0.3, -0.25) is 14.5 Å². The number of benzene rings is 3. The highest BCUT2D eigenvalue weighted by Gasteiger charge is 2.26. The molecule has 0 aromatic heterocycles. The maximum absolute atomic E-state index is 13.1. The van der Waals surface area contributed by atoms with Crippen LogP contribution in [0.3, 0.4) is 0 Å². The number of anilines is 2. The average molecular weight is 542 g/mol. The molecule has 5 rings (SSSR count). The number of hydrogen-bond donors (Lipinski definition) is 1. The van der Waals surface area contributed by atoms with E-state index in [9.17, 15) is 14.4 Å². The van der Waals surface area contributed by atoms with Gasteiger partial charge in [0.1, 0.15) is 5.75 Å². The van der Waals surface area contributed by atoms with Crippen LogP contribution in [0.4, 0.5) is 16.2 Å². The molecule has 3 aromatic carbocycles. The minimum atomic E-state index is -0.343. The highest BCUT2D eigenvalue weighted by molar-refractivity contribution is 6.06. The molecule has 1 N–H and O–H groups in total. The number of nitrogens with one attached hydrogen (secondary N) is 1. The van der Waals surface area contributed by atoms with Crippen LogP contribution < -0.4 is 15.0 Å². The summed E-state index contributed by atoms with van der Waals surface area (Å²) >= 11 is 0. The minimum Gasteiger partial charge on any atom is -0.496 e. The number of carbonyl (C=O) groups excluding carboxylic acids is 3. The van der Waals surface area contributed by atoms with Gasteiger partial charge < -0.3 is 19.7 Å². The van der Waals surface area contributed by atoms with Crippen molar-refractivity contribution in [3.63, 3.8) is 0 Å². The van der Waals surface area contributed by atoms with E-state index < -0.39 is 0 Å². The number of ether oxygens (including phenoxy) is 2. The summed E-state index contributed by atoms with van der Waals surface area (Å²) in [4.78, 5) is 41.5. The van der Waals surface area contributed by atoms with Gasteiger partial charge in [0, 0.05) is 36.6 Å². The molecule has 8 heteroatoms. The van der Waals surface area contributed by atoms with Crippen molar-refractivity contribution < 1.29 is 23.9 Å². The molecule has 2 aliphatic rings. The number of nitrogens with zero attached hydrogens (tertiary/aromatic N) is 2. The molecule has 0 unspecified atom stereocenters. The lowest BCUT2D eigenvalue weighted by molar-refractivity contribution is 0.0713. The number of cyclic esters (lactones) is 1. The number of piperidine rings is 1. The standard InChI is InChI=1S/C32H35N3O5/c1-21-19-28(29(39-3)20-22(21)2)30(36)33-26-9-5-23(6-10-26)24-13-16-34(17-14-24)31(37)25-7-11-27(12-8-25)35-15-4-18-40-32(35)38/h5-12,19-20,24H,4,13-18H2,1-3H3,(H,33,36).